The van der Waals surface area contributed by atoms with Crippen molar-refractivity contribution in [1.82, 2.24) is 14.1 Å². The monoisotopic (exact) mass is 690 g/mol. The van der Waals surface area contributed by atoms with Crippen LogP contribution in [0.1, 0.15) is 36.3 Å². The van der Waals surface area contributed by atoms with Crippen molar-refractivity contribution in [3.05, 3.63) is 118 Å². The van der Waals surface area contributed by atoms with E-state index >= 15 is 0 Å². The molecule has 13 heteroatoms. The molecule has 1 atom stereocenters. The lowest BCUT2D eigenvalue weighted by Gasteiger charge is -2.38. The van der Waals surface area contributed by atoms with E-state index in [-0.39, 0.29) is 41.6 Å². The predicted molar refractivity (Wildman–Crippen MR) is 182 cm³/mol. The molecule has 1 unspecified atom stereocenters. The van der Waals surface area contributed by atoms with E-state index in [9.17, 15) is 23.3 Å². The highest BCUT2D eigenvalue weighted by Crippen LogP contribution is 2.27. The van der Waals surface area contributed by atoms with Crippen molar-refractivity contribution < 1.29 is 22.9 Å². The Kier molecular flexibility index (Phi) is 14.0. The van der Waals surface area contributed by atoms with Crippen molar-refractivity contribution in [1.29, 1.82) is 0 Å². The van der Waals surface area contributed by atoms with Crippen molar-refractivity contribution in [3.8, 4) is 0 Å². The highest BCUT2D eigenvalue weighted by molar-refractivity contribution is 7.89. The zero-order valence-electron chi connectivity index (χ0n) is 25.7. The van der Waals surface area contributed by atoms with Gasteiger partial charge in [0.05, 0.1) is 9.82 Å². The molecular weight excluding hydrogens is 651 g/mol. The van der Waals surface area contributed by atoms with Crippen molar-refractivity contribution in [3.63, 3.8) is 0 Å². The van der Waals surface area contributed by atoms with Crippen LogP contribution in [0.2, 0.25) is 5.02 Å². The van der Waals surface area contributed by atoms with E-state index in [0.717, 1.165) is 44.5 Å². The van der Waals surface area contributed by atoms with Gasteiger partial charge in [-0.25, -0.2) is 17.5 Å². The van der Waals surface area contributed by atoms with Crippen LogP contribution in [0.3, 0.4) is 0 Å². The SMILES string of the molecule is C=CCN(C(=O)OCc1ccc([N+](=O)[O-])cc1)C1CCN(CCC(CN(C)S(=O)(=O)c2ccccc2)c2cccc(Cl)c2)CC1.Cl. The van der Waals surface area contributed by atoms with E-state index < -0.39 is 21.0 Å². The van der Waals surface area contributed by atoms with Gasteiger partial charge in [-0.1, -0.05) is 48.0 Å². The van der Waals surface area contributed by atoms with E-state index in [1.165, 1.54) is 16.4 Å². The molecule has 0 radical (unpaired) electrons. The Morgan fingerprint density at radius 2 is 1.78 bits per heavy atom. The second-order valence-electron chi connectivity index (χ2n) is 11.1. The lowest BCUT2D eigenvalue weighted by molar-refractivity contribution is -0.384. The van der Waals surface area contributed by atoms with Gasteiger partial charge in [0.2, 0.25) is 10.0 Å². The Morgan fingerprint density at radius 1 is 1.11 bits per heavy atom. The molecule has 3 aromatic carbocycles. The molecule has 4 rings (SSSR count). The molecule has 3 aromatic rings. The van der Waals surface area contributed by atoms with Gasteiger partial charge in [0.15, 0.2) is 0 Å². The van der Waals surface area contributed by atoms with Crippen LogP contribution in [0.15, 0.2) is 96.4 Å². The fourth-order valence-electron chi connectivity index (χ4n) is 5.55. The molecule has 1 aliphatic heterocycles. The quantitative estimate of drug-likeness (QED) is 0.104. The summed E-state index contributed by atoms with van der Waals surface area (Å²) in [5, 5.41) is 11.5. The lowest BCUT2D eigenvalue weighted by atomic mass is 9.94. The molecule has 0 spiro atoms. The van der Waals surface area contributed by atoms with Gasteiger partial charge in [-0.05, 0) is 79.3 Å². The second kappa shape index (κ2) is 17.4. The van der Waals surface area contributed by atoms with Crippen LogP contribution in [0.25, 0.3) is 0 Å². The summed E-state index contributed by atoms with van der Waals surface area (Å²) in [6.45, 7) is 6.78. The minimum atomic E-state index is -3.65. The molecule has 10 nitrogen and oxygen atoms in total. The first kappa shape index (κ1) is 37.0. The van der Waals surface area contributed by atoms with Gasteiger partial charge < -0.3 is 14.5 Å². The van der Waals surface area contributed by atoms with Crippen LogP contribution in [0.5, 0.6) is 0 Å². The Labute approximate surface area is 282 Å². The van der Waals surface area contributed by atoms with E-state index in [0.29, 0.717) is 23.7 Å². The smallest absolute Gasteiger partial charge is 0.410 e. The Morgan fingerprint density at radius 3 is 2.39 bits per heavy atom. The number of rotatable bonds is 14. The largest absolute Gasteiger partial charge is 0.445 e. The Balaban J connectivity index is 0.00000576. The minimum Gasteiger partial charge on any atom is -0.445 e. The van der Waals surface area contributed by atoms with Crippen LogP contribution in [0, 0.1) is 10.1 Å². The molecule has 0 saturated carbocycles. The Bertz CT molecular complexity index is 1550. The first-order valence-electron chi connectivity index (χ1n) is 14.8. The van der Waals surface area contributed by atoms with Crippen LogP contribution < -0.4 is 0 Å². The fourth-order valence-corrected chi connectivity index (χ4v) is 6.99. The first-order chi connectivity index (χ1) is 21.6. The summed E-state index contributed by atoms with van der Waals surface area (Å²) in [4.78, 5) is 27.7. The average Bonchev–Trinajstić information content (AvgIpc) is 3.05. The summed E-state index contributed by atoms with van der Waals surface area (Å²) >= 11 is 6.32. The molecule has 0 N–H and O–H groups in total. The number of likely N-dealkylation sites (tertiary alicyclic amines) is 1. The molecular formula is C33H40Cl2N4O6S. The number of nitro benzene ring substituents is 1. The minimum absolute atomic E-state index is 0. The number of piperidine rings is 1. The molecule has 1 fully saturated rings. The summed E-state index contributed by atoms with van der Waals surface area (Å²) in [6, 6.07) is 21.9. The van der Waals surface area contributed by atoms with Crippen molar-refractivity contribution >= 4 is 45.8 Å². The normalized spacial score (nSPS) is 14.7. The number of non-ortho nitro benzene ring substituents is 1. The highest BCUT2D eigenvalue weighted by Gasteiger charge is 2.30. The number of nitro groups is 1. The molecule has 1 amide bonds. The number of sulfonamides is 1. The molecule has 0 aliphatic carbocycles. The zero-order valence-corrected chi connectivity index (χ0v) is 28.1. The van der Waals surface area contributed by atoms with Crippen LogP contribution in [-0.2, 0) is 21.4 Å². The topological polar surface area (TPSA) is 113 Å². The third-order valence-corrected chi connectivity index (χ3v) is 10.2. The van der Waals surface area contributed by atoms with E-state index in [1.54, 1.807) is 60.5 Å². The van der Waals surface area contributed by atoms with Crippen LogP contribution >= 0.6 is 24.0 Å². The molecule has 1 heterocycles. The number of halogens is 2. The third kappa shape index (κ3) is 10.0. The Hall–Kier alpha value is -3.48. The summed E-state index contributed by atoms with van der Waals surface area (Å²) < 4.78 is 33.5. The van der Waals surface area contributed by atoms with Crippen molar-refractivity contribution in [2.45, 2.75) is 42.7 Å². The van der Waals surface area contributed by atoms with E-state index in [1.807, 2.05) is 24.3 Å². The molecule has 1 saturated heterocycles. The van der Waals surface area contributed by atoms with Gasteiger partial charge in [-0.2, -0.15) is 0 Å². The van der Waals surface area contributed by atoms with Gasteiger partial charge in [0.1, 0.15) is 6.61 Å². The standard InChI is InChI=1S/C33H39ClN4O6S.ClH/c1-3-19-37(33(39)44-25-26-12-14-31(15-13-26)38(40)41)30-17-21-36(22-18-30)20-16-28(27-8-7-9-29(34)23-27)24-35(2)45(42,43)32-10-5-4-6-11-32;/h3-15,23,28,30H,1,16-22,24-25H2,2H3;1H. The van der Waals surface area contributed by atoms with Gasteiger partial charge in [-0.15, -0.1) is 19.0 Å². The fraction of sp³-hybridized carbons (Fsp3) is 0.364. The number of hydrogen-bond acceptors (Lipinski definition) is 7. The first-order valence-corrected chi connectivity index (χ1v) is 16.7. The number of amides is 1. The number of likely N-dealkylation sites (N-methyl/N-ethyl adjacent to an activating group) is 1. The number of benzene rings is 3. The second-order valence-corrected chi connectivity index (χ2v) is 13.6. The number of ether oxygens (including phenoxy) is 1. The summed E-state index contributed by atoms with van der Waals surface area (Å²) in [5.41, 5.74) is 1.63. The van der Waals surface area contributed by atoms with Crippen molar-refractivity contribution in [2.24, 2.45) is 0 Å². The summed E-state index contributed by atoms with van der Waals surface area (Å²) in [5.74, 6) is -0.0726. The lowest BCUT2D eigenvalue weighted by Crippen LogP contribution is -2.48. The average molecular weight is 692 g/mol. The maximum atomic E-state index is 13.3. The molecule has 248 valence electrons. The maximum Gasteiger partial charge on any atom is 0.410 e. The van der Waals surface area contributed by atoms with E-state index in [4.69, 9.17) is 16.3 Å². The molecule has 0 aromatic heterocycles. The van der Waals surface area contributed by atoms with Gasteiger partial charge in [-0.3, -0.25) is 10.1 Å². The predicted octanol–water partition coefficient (Wildman–Crippen LogP) is 6.75. The summed E-state index contributed by atoms with van der Waals surface area (Å²) in [6.07, 6.45) is 3.47. The highest BCUT2D eigenvalue weighted by atomic mass is 35.5. The van der Waals surface area contributed by atoms with Gasteiger partial charge in [0.25, 0.3) is 5.69 Å². The third-order valence-electron chi connectivity index (χ3n) is 8.11. The number of carbonyl (C=O) groups excluding carboxylic acids is 1. The number of hydrogen-bond donors (Lipinski definition) is 0. The molecule has 46 heavy (non-hydrogen) atoms. The maximum absolute atomic E-state index is 13.3. The zero-order chi connectivity index (χ0) is 32.4. The van der Waals surface area contributed by atoms with Crippen LogP contribution in [0.4, 0.5) is 10.5 Å². The number of nitrogens with zero attached hydrogens (tertiary/aromatic N) is 4. The molecule has 0 bridgehead atoms. The van der Waals surface area contributed by atoms with Crippen molar-refractivity contribution in [2.75, 3.05) is 39.8 Å². The number of carbonyl (C=O) groups is 1. The summed E-state index contributed by atoms with van der Waals surface area (Å²) in [7, 11) is -2.04. The molecule has 1 aliphatic rings. The van der Waals surface area contributed by atoms with Crippen LogP contribution in [-0.4, -0.2) is 79.4 Å². The van der Waals surface area contributed by atoms with Gasteiger partial charge in [0, 0.05) is 56.4 Å². The van der Waals surface area contributed by atoms with Gasteiger partial charge >= 0.3 is 6.09 Å². The van der Waals surface area contributed by atoms with E-state index in [2.05, 4.69) is 11.5 Å².